The van der Waals surface area contributed by atoms with E-state index in [-0.39, 0.29) is 17.5 Å². The molecule has 2 aromatic carbocycles. The average molecular weight is 387 g/mol. The summed E-state index contributed by atoms with van der Waals surface area (Å²) in [6.07, 6.45) is 0. The van der Waals surface area contributed by atoms with E-state index in [1.807, 2.05) is 0 Å². The van der Waals surface area contributed by atoms with Crippen LogP contribution in [-0.2, 0) is 11.3 Å². The zero-order valence-electron chi connectivity index (χ0n) is 14.8. The van der Waals surface area contributed by atoms with Gasteiger partial charge in [-0.3, -0.25) is 4.79 Å². The van der Waals surface area contributed by atoms with Crippen LogP contribution in [-0.4, -0.2) is 48.4 Å². The summed E-state index contributed by atoms with van der Waals surface area (Å²) in [6.45, 7) is 2.08. The number of aromatic nitrogens is 4. The molecule has 0 aliphatic heterocycles. The van der Waals surface area contributed by atoms with Crippen LogP contribution in [0.25, 0.3) is 5.69 Å². The highest BCUT2D eigenvalue weighted by Gasteiger charge is 2.22. The molecular weight excluding hydrogens is 369 g/mol. The second kappa shape index (κ2) is 8.17. The van der Waals surface area contributed by atoms with Crippen molar-refractivity contribution in [2.24, 2.45) is 0 Å². The van der Waals surface area contributed by atoms with Crippen molar-refractivity contribution in [3.8, 4) is 11.4 Å². The van der Waals surface area contributed by atoms with Gasteiger partial charge in [-0.15, -0.1) is 5.10 Å². The lowest BCUT2D eigenvalue weighted by Gasteiger charge is -2.21. The topological polar surface area (TPSA) is 84.1 Å². The van der Waals surface area contributed by atoms with Crippen molar-refractivity contribution in [2.45, 2.75) is 23.9 Å². The molecule has 0 fully saturated rings. The van der Waals surface area contributed by atoms with E-state index in [2.05, 4.69) is 15.5 Å². The van der Waals surface area contributed by atoms with Crippen LogP contribution in [0.5, 0.6) is 5.75 Å². The van der Waals surface area contributed by atoms with Gasteiger partial charge in [0.25, 0.3) is 0 Å². The van der Waals surface area contributed by atoms with Crippen molar-refractivity contribution in [2.75, 3.05) is 7.05 Å². The Hall–Kier alpha value is -2.94. The van der Waals surface area contributed by atoms with Gasteiger partial charge in [0, 0.05) is 13.6 Å². The van der Waals surface area contributed by atoms with E-state index in [0.29, 0.717) is 17.4 Å². The van der Waals surface area contributed by atoms with Crippen LogP contribution >= 0.6 is 11.8 Å². The minimum Gasteiger partial charge on any atom is -0.508 e. The van der Waals surface area contributed by atoms with Crippen LogP contribution in [0.1, 0.15) is 12.5 Å². The van der Waals surface area contributed by atoms with Crippen molar-refractivity contribution < 1.29 is 14.3 Å². The minimum absolute atomic E-state index is 0.121. The Balaban J connectivity index is 1.68. The largest absolute Gasteiger partial charge is 0.508 e. The second-order valence-electron chi connectivity index (χ2n) is 5.97. The van der Waals surface area contributed by atoms with Gasteiger partial charge in [0.1, 0.15) is 11.6 Å². The molecule has 27 heavy (non-hydrogen) atoms. The number of carbonyl (C=O) groups is 1. The third-order valence-corrected chi connectivity index (χ3v) is 4.87. The fraction of sp³-hybridized carbons (Fsp3) is 0.222. The summed E-state index contributed by atoms with van der Waals surface area (Å²) in [5.74, 6) is -0.308. The molecule has 1 aromatic heterocycles. The number of benzene rings is 2. The van der Waals surface area contributed by atoms with Gasteiger partial charge in [0.2, 0.25) is 11.1 Å². The van der Waals surface area contributed by atoms with Crippen LogP contribution in [0.2, 0.25) is 0 Å². The minimum atomic E-state index is -0.439. The number of rotatable bonds is 6. The number of hydrogen-bond acceptors (Lipinski definition) is 6. The van der Waals surface area contributed by atoms with Crippen LogP contribution in [0.4, 0.5) is 4.39 Å². The molecule has 1 amide bonds. The molecular formula is C18H18FN5O2S. The molecule has 1 unspecified atom stereocenters. The number of halogens is 1. The van der Waals surface area contributed by atoms with Crippen LogP contribution < -0.4 is 0 Å². The third-order valence-electron chi connectivity index (χ3n) is 3.85. The maximum Gasteiger partial charge on any atom is 0.235 e. The quantitative estimate of drug-likeness (QED) is 0.655. The van der Waals surface area contributed by atoms with E-state index in [9.17, 15) is 14.3 Å². The summed E-state index contributed by atoms with van der Waals surface area (Å²) in [5, 5.41) is 21.0. The molecule has 1 atom stereocenters. The zero-order chi connectivity index (χ0) is 19.4. The third kappa shape index (κ3) is 4.62. The number of nitrogens with zero attached hydrogens (tertiary/aromatic N) is 5. The van der Waals surface area contributed by atoms with E-state index >= 15 is 0 Å². The number of phenolic OH excluding ortho intramolecular Hbond substituents is 1. The number of carbonyl (C=O) groups excluding carboxylic acids is 1. The molecule has 0 aliphatic rings. The van der Waals surface area contributed by atoms with Crippen molar-refractivity contribution in [1.29, 1.82) is 0 Å². The Morgan fingerprint density at radius 3 is 2.74 bits per heavy atom. The first-order valence-electron chi connectivity index (χ1n) is 8.18. The summed E-state index contributed by atoms with van der Waals surface area (Å²) in [4.78, 5) is 14.2. The molecule has 0 radical (unpaired) electrons. The van der Waals surface area contributed by atoms with E-state index in [4.69, 9.17) is 0 Å². The van der Waals surface area contributed by atoms with Gasteiger partial charge < -0.3 is 10.0 Å². The van der Waals surface area contributed by atoms with E-state index in [1.165, 1.54) is 40.7 Å². The SMILES string of the molecule is CC(Sc1nnnn1-c1ccc(O)cc1)C(=O)N(C)Cc1cccc(F)c1. The van der Waals surface area contributed by atoms with Crippen molar-refractivity contribution in [1.82, 2.24) is 25.1 Å². The van der Waals surface area contributed by atoms with Crippen LogP contribution in [0.3, 0.4) is 0 Å². The number of amides is 1. The Morgan fingerprint density at radius 1 is 1.30 bits per heavy atom. The Morgan fingerprint density at radius 2 is 2.04 bits per heavy atom. The van der Waals surface area contributed by atoms with Gasteiger partial charge >= 0.3 is 0 Å². The molecule has 0 saturated heterocycles. The monoisotopic (exact) mass is 387 g/mol. The van der Waals surface area contributed by atoms with Gasteiger partial charge in [-0.1, -0.05) is 23.9 Å². The average Bonchev–Trinajstić information content (AvgIpc) is 3.09. The van der Waals surface area contributed by atoms with Crippen molar-refractivity contribution >= 4 is 17.7 Å². The lowest BCUT2D eigenvalue weighted by molar-refractivity contribution is -0.129. The molecule has 140 valence electrons. The molecule has 1 heterocycles. The van der Waals surface area contributed by atoms with Gasteiger partial charge in [0.05, 0.1) is 10.9 Å². The first-order chi connectivity index (χ1) is 12.9. The lowest BCUT2D eigenvalue weighted by Crippen LogP contribution is -2.33. The Bertz CT molecular complexity index is 932. The van der Waals surface area contributed by atoms with Crippen LogP contribution in [0, 0.1) is 5.82 Å². The molecule has 0 aliphatic carbocycles. The number of thioether (sulfide) groups is 1. The van der Waals surface area contributed by atoms with Gasteiger partial charge in [-0.05, 0) is 59.3 Å². The van der Waals surface area contributed by atoms with Crippen LogP contribution in [0.15, 0.2) is 53.7 Å². The van der Waals surface area contributed by atoms with Gasteiger partial charge in [-0.25, -0.2) is 4.39 Å². The van der Waals surface area contributed by atoms with E-state index in [0.717, 1.165) is 5.56 Å². The predicted octanol–water partition coefficient (Wildman–Crippen LogP) is 2.65. The number of phenols is 1. The van der Waals surface area contributed by atoms with Crippen molar-refractivity contribution in [3.63, 3.8) is 0 Å². The lowest BCUT2D eigenvalue weighted by atomic mass is 10.2. The molecule has 0 bridgehead atoms. The number of tetrazole rings is 1. The first kappa shape index (κ1) is 18.8. The van der Waals surface area contributed by atoms with E-state index < -0.39 is 5.25 Å². The fourth-order valence-electron chi connectivity index (χ4n) is 2.51. The molecule has 0 saturated carbocycles. The van der Waals surface area contributed by atoms with Crippen molar-refractivity contribution in [3.05, 3.63) is 59.9 Å². The molecule has 3 aromatic rings. The molecule has 1 N–H and O–H groups in total. The Kier molecular flexibility index (Phi) is 5.70. The number of hydrogen-bond donors (Lipinski definition) is 1. The number of aromatic hydroxyl groups is 1. The maximum absolute atomic E-state index is 13.3. The zero-order valence-corrected chi connectivity index (χ0v) is 15.6. The predicted molar refractivity (Wildman–Crippen MR) is 99.0 cm³/mol. The molecule has 3 rings (SSSR count). The highest BCUT2D eigenvalue weighted by Crippen LogP contribution is 2.25. The summed E-state index contributed by atoms with van der Waals surface area (Å²) in [7, 11) is 1.67. The highest BCUT2D eigenvalue weighted by atomic mass is 32.2. The highest BCUT2D eigenvalue weighted by molar-refractivity contribution is 8.00. The summed E-state index contributed by atoms with van der Waals surface area (Å²) in [6, 6.07) is 12.6. The summed E-state index contributed by atoms with van der Waals surface area (Å²) < 4.78 is 14.8. The maximum atomic E-state index is 13.3. The molecule has 7 nitrogen and oxygen atoms in total. The van der Waals surface area contributed by atoms with Gasteiger partial charge in [0.15, 0.2) is 0 Å². The normalized spacial score (nSPS) is 12.0. The smallest absolute Gasteiger partial charge is 0.235 e. The standard InChI is InChI=1S/C18H18FN5O2S/c1-12(17(26)23(2)11-13-4-3-5-14(19)10-13)27-18-20-21-22-24(18)15-6-8-16(25)9-7-15/h3-10,12,25H,11H2,1-2H3. The fourth-order valence-corrected chi connectivity index (χ4v) is 3.44. The first-order valence-corrected chi connectivity index (χ1v) is 9.06. The Labute approximate surface area is 159 Å². The second-order valence-corrected chi connectivity index (χ2v) is 7.28. The molecule has 0 spiro atoms. The summed E-state index contributed by atoms with van der Waals surface area (Å²) in [5.41, 5.74) is 1.39. The van der Waals surface area contributed by atoms with Gasteiger partial charge in [-0.2, -0.15) is 4.68 Å². The van der Waals surface area contributed by atoms with E-state index in [1.54, 1.807) is 43.1 Å². The molecule has 9 heteroatoms. The summed E-state index contributed by atoms with van der Waals surface area (Å²) >= 11 is 1.23.